The number of rotatable bonds is 2. The van der Waals surface area contributed by atoms with Gasteiger partial charge >= 0.3 is 0 Å². The first kappa shape index (κ1) is 11.6. The zero-order valence-electron chi connectivity index (χ0n) is 8.28. The van der Waals surface area contributed by atoms with Gasteiger partial charge in [0.25, 0.3) is 0 Å². The van der Waals surface area contributed by atoms with Gasteiger partial charge in [-0.2, -0.15) is 0 Å². The third-order valence-corrected chi connectivity index (χ3v) is 3.38. The Balaban J connectivity index is 2.46. The molecule has 0 N–H and O–H groups in total. The molecular weight excluding hydrogens is 334 g/mol. The number of hydrogen-bond donors (Lipinski definition) is 0. The van der Waals surface area contributed by atoms with Crippen LogP contribution in [0.5, 0.6) is 0 Å². The molecule has 1 nitrogen and oxygen atoms in total. The highest BCUT2D eigenvalue weighted by Crippen LogP contribution is 2.20. The summed E-state index contributed by atoms with van der Waals surface area (Å²) >= 11 is 8.03. The van der Waals surface area contributed by atoms with Crippen LogP contribution < -0.4 is 0 Å². The molecule has 0 saturated carbocycles. The molecule has 2 aromatic carbocycles. The number of halogens is 2. The summed E-state index contributed by atoms with van der Waals surface area (Å²) in [5.41, 5.74) is 1.34. The molecule has 0 radical (unpaired) electrons. The van der Waals surface area contributed by atoms with Crippen molar-refractivity contribution >= 4 is 40.0 Å². The fourth-order valence-corrected chi connectivity index (χ4v) is 2.17. The second kappa shape index (κ2) is 4.97. The number of carbonyl (C=O) groups is 1. The van der Waals surface area contributed by atoms with E-state index in [0.717, 1.165) is 3.57 Å². The van der Waals surface area contributed by atoms with Gasteiger partial charge in [-0.15, -0.1) is 0 Å². The van der Waals surface area contributed by atoms with Gasteiger partial charge in [-0.25, -0.2) is 0 Å². The lowest BCUT2D eigenvalue weighted by Crippen LogP contribution is -2.03. The first-order chi connectivity index (χ1) is 7.68. The number of hydrogen-bond acceptors (Lipinski definition) is 1. The SMILES string of the molecule is O=C(c1ccccc1)c1cc(Cl)ccc1I. The van der Waals surface area contributed by atoms with E-state index in [1.807, 2.05) is 24.3 Å². The maximum absolute atomic E-state index is 12.2. The maximum Gasteiger partial charge on any atom is 0.194 e. The normalized spacial score (nSPS) is 10.1. The average molecular weight is 343 g/mol. The summed E-state index contributed by atoms with van der Waals surface area (Å²) in [6.07, 6.45) is 0. The molecule has 0 amide bonds. The second-order valence-electron chi connectivity index (χ2n) is 3.32. The van der Waals surface area contributed by atoms with Gasteiger partial charge in [-0.1, -0.05) is 41.9 Å². The van der Waals surface area contributed by atoms with Crippen molar-refractivity contribution in [2.75, 3.05) is 0 Å². The molecule has 0 atom stereocenters. The summed E-state index contributed by atoms with van der Waals surface area (Å²) in [5, 5.41) is 0.583. The first-order valence-electron chi connectivity index (χ1n) is 4.73. The van der Waals surface area contributed by atoms with Crippen molar-refractivity contribution in [3.8, 4) is 0 Å². The summed E-state index contributed by atoms with van der Waals surface area (Å²) in [5.74, 6) is 0.00694. The van der Waals surface area contributed by atoms with Crippen molar-refractivity contribution in [1.82, 2.24) is 0 Å². The largest absolute Gasteiger partial charge is 0.289 e. The lowest BCUT2D eigenvalue weighted by molar-refractivity contribution is 0.103. The summed E-state index contributed by atoms with van der Waals surface area (Å²) < 4.78 is 0.913. The van der Waals surface area contributed by atoms with E-state index in [0.29, 0.717) is 16.1 Å². The van der Waals surface area contributed by atoms with Crippen LogP contribution in [0.15, 0.2) is 48.5 Å². The number of ketones is 1. The Morgan fingerprint density at radius 1 is 1.06 bits per heavy atom. The molecule has 16 heavy (non-hydrogen) atoms. The summed E-state index contributed by atoms with van der Waals surface area (Å²) in [6, 6.07) is 14.5. The second-order valence-corrected chi connectivity index (χ2v) is 4.92. The van der Waals surface area contributed by atoms with Crippen molar-refractivity contribution in [2.45, 2.75) is 0 Å². The molecule has 2 aromatic rings. The van der Waals surface area contributed by atoms with E-state index < -0.39 is 0 Å². The molecular formula is C13H8ClIO. The Morgan fingerprint density at radius 3 is 2.44 bits per heavy atom. The van der Waals surface area contributed by atoms with Crippen LogP contribution in [-0.4, -0.2) is 5.78 Å². The third-order valence-electron chi connectivity index (χ3n) is 2.21. The minimum absolute atomic E-state index is 0.00694. The van der Waals surface area contributed by atoms with E-state index >= 15 is 0 Å². The molecule has 0 unspecified atom stereocenters. The molecule has 0 aliphatic rings. The van der Waals surface area contributed by atoms with Gasteiger partial charge in [0.2, 0.25) is 0 Å². The van der Waals surface area contributed by atoms with Crippen molar-refractivity contribution in [3.05, 3.63) is 68.3 Å². The molecule has 80 valence electrons. The first-order valence-corrected chi connectivity index (χ1v) is 6.19. The van der Waals surface area contributed by atoms with Crippen LogP contribution >= 0.6 is 34.2 Å². The van der Waals surface area contributed by atoms with Crippen molar-refractivity contribution in [1.29, 1.82) is 0 Å². The highest BCUT2D eigenvalue weighted by atomic mass is 127. The van der Waals surface area contributed by atoms with Crippen LogP contribution in [0.4, 0.5) is 0 Å². The van der Waals surface area contributed by atoms with Crippen LogP contribution in [0.2, 0.25) is 5.02 Å². The Labute approximate surface area is 113 Å². The van der Waals surface area contributed by atoms with Crippen LogP contribution in [0.3, 0.4) is 0 Å². The predicted octanol–water partition coefficient (Wildman–Crippen LogP) is 4.18. The summed E-state index contributed by atoms with van der Waals surface area (Å²) in [6.45, 7) is 0. The predicted molar refractivity (Wildman–Crippen MR) is 74.0 cm³/mol. The topological polar surface area (TPSA) is 17.1 Å². The van der Waals surface area contributed by atoms with Gasteiger partial charge in [0, 0.05) is 19.7 Å². The Kier molecular flexibility index (Phi) is 3.61. The van der Waals surface area contributed by atoms with E-state index in [1.54, 1.807) is 24.3 Å². The zero-order chi connectivity index (χ0) is 11.5. The Bertz CT molecular complexity index is 523. The molecule has 0 spiro atoms. The summed E-state index contributed by atoms with van der Waals surface area (Å²) in [7, 11) is 0. The molecule has 0 heterocycles. The lowest BCUT2D eigenvalue weighted by atomic mass is 10.0. The van der Waals surface area contributed by atoms with Crippen LogP contribution in [0.25, 0.3) is 0 Å². The monoisotopic (exact) mass is 342 g/mol. The molecule has 2 rings (SSSR count). The smallest absolute Gasteiger partial charge is 0.194 e. The fourth-order valence-electron chi connectivity index (χ4n) is 1.42. The van der Waals surface area contributed by atoms with Crippen LogP contribution in [0.1, 0.15) is 15.9 Å². The van der Waals surface area contributed by atoms with E-state index in [-0.39, 0.29) is 5.78 Å². The Morgan fingerprint density at radius 2 is 1.75 bits per heavy atom. The van der Waals surface area contributed by atoms with E-state index in [2.05, 4.69) is 22.6 Å². The Hall–Kier alpha value is -0.870. The van der Waals surface area contributed by atoms with Crippen LogP contribution in [0, 0.1) is 3.57 Å². The van der Waals surface area contributed by atoms with Crippen molar-refractivity contribution in [3.63, 3.8) is 0 Å². The van der Waals surface area contributed by atoms with Gasteiger partial charge in [0.05, 0.1) is 0 Å². The van der Waals surface area contributed by atoms with E-state index in [4.69, 9.17) is 11.6 Å². The van der Waals surface area contributed by atoms with E-state index in [9.17, 15) is 4.79 Å². The molecule has 0 fully saturated rings. The standard InChI is InChI=1S/C13H8ClIO/c14-10-6-7-12(15)11(8-10)13(16)9-4-2-1-3-5-9/h1-8H. The molecule has 3 heteroatoms. The van der Waals surface area contributed by atoms with Gasteiger partial charge in [-0.3, -0.25) is 4.79 Å². The average Bonchev–Trinajstić information content (AvgIpc) is 2.32. The number of benzene rings is 2. The number of carbonyl (C=O) groups excluding carboxylic acids is 1. The minimum atomic E-state index is 0.00694. The quantitative estimate of drug-likeness (QED) is 0.591. The van der Waals surface area contributed by atoms with Gasteiger partial charge in [0.1, 0.15) is 0 Å². The highest BCUT2D eigenvalue weighted by molar-refractivity contribution is 14.1. The van der Waals surface area contributed by atoms with Gasteiger partial charge in [-0.05, 0) is 40.8 Å². The van der Waals surface area contributed by atoms with Gasteiger partial charge < -0.3 is 0 Å². The zero-order valence-corrected chi connectivity index (χ0v) is 11.2. The summed E-state index contributed by atoms with van der Waals surface area (Å²) in [4.78, 5) is 12.2. The lowest BCUT2D eigenvalue weighted by Gasteiger charge is -2.04. The fraction of sp³-hybridized carbons (Fsp3) is 0. The molecule has 0 saturated heterocycles. The molecule has 0 aliphatic carbocycles. The maximum atomic E-state index is 12.2. The van der Waals surface area contributed by atoms with Crippen molar-refractivity contribution in [2.24, 2.45) is 0 Å². The van der Waals surface area contributed by atoms with Crippen molar-refractivity contribution < 1.29 is 4.79 Å². The molecule has 0 bridgehead atoms. The minimum Gasteiger partial charge on any atom is -0.289 e. The molecule has 0 aromatic heterocycles. The molecule has 0 aliphatic heterocycles. The van der Waals surface area contributed by atoms with Crippen LogP contribution in [-0.2, 0) is 0 Å². The third kappa shape index (κ3) is 2.44. The highest BCUT2D eigenvalue weighted by Gasteiger charge is 2.12. The van der Waals surface area contributed by atoms with E-state index in [1.165, 1.54) is 0 Å². The van der Waals surface area contributed by atoms with Gasteiger partial charge in [0.15, 0.2) is 5.78 Å².